The van der Waals surface area contributed by atoms with Crippen LogP contribution in [0.4, 0.5) is 4.39 Å². The maximum absolute atomic E-state index is 13.0. The summed E-state index contributed by atoms with van der Waals surface area (Å²) in [4.78, 5) is 12.2. The molecule has 1 amide bonds. The van der Waals surface area contributed by atoms with Crippen LogP contribution in [0.5, 0.6) is 5.75 Å². The maximum Gasteiger partial charge on any atom is 0.255 e. The van der Waals surface area contributed by atoms with Gasteiger partial charge in [-0.05, 0) is 42.7 Å². The topological polar surface area (TPSA) is 49.3 Å². The lowest BCUT2D eigenvalue weighted by atomic mass is 10.0. The summed E-state index contributed by atoms with van der Waals surface area (Å²) < 4.78 is 13.0. The molecule has 0 saturated heterocycles. The molecule has 0 aromatic heterocycles. The van der Waals surface area contributed by atoms with Gasteiger partial charge >= 0.3 is 0 Å². The lowest BCUT2D eigenvalue weighted by molar-refractivity contribution is 0.0928. The molecule has 2 aromatic rings. The molecule has 1 fully saturated rings. The molecule has 0 heterocycles. The second-order valence-electron chi connectivity index (χ2n) is 5.06. The Labute approximate surface area is 116 Å². The van der Waals surface area contributed by atoms with Crippen LogP contribution in [0.2, 0.25) is 0 Å². The van der Waals surface area contributed by atoms with Crippen LogP contribution in [-0.2, 0) is 5.54 Å². The molecule has 4 heteroatoms. The van der Waals surface area contributed by atoms with Crippen LogP contribution in [-0.4, -0.2) is 11.0 Å². The van der Waals surface area contributed by atoms with E-state index in [1.54, 1.807) is 30.3 Å². The number of carbonyl (C=O) groups excluding carboxylic acids is 1. The lowest BCUT2D eigenvalue weighted by Gasteiger charge is -2.18. The first-order valence-electron chi connectivity index (χ1n) is 6.47. The van der Waals surface area contributed by atoms with E-state index in [-0.39, 0.29) is 23.0 Å². The van der Waals surface area contributed by atoms with Crippen molar-refractivity contribution in [2.24, 2.45) is 0 Å². The molecule has 1 aliphatic rings. The van der Waals surface area contributed by atoms with Gasteiger partial charge < -0.3 is 10.4 Å². The largest absolute Gasteiger partial charge is 0.507 e. The van der Waals surface area contributed by atoms with Crippen LogP contribution in [0.25, 0.3) is 0 Å². The molecular weight excluding hydrogens is 257 g/mol. The lowest BCUT2D eigenvalue weighted by Crippen LogP contribution is -2.34. The van der Waals surface area contributed by atoms with E-state index in [4.69, 9.17) is 0 Å². The number of hydrogen-bond acceptors (Lipinski definition) is 2. The van der Waals surface area contributed by atoms with Crippen molar-refractivity contribution in [3.8, 4) is 5.75 Å². The SMILES string of the molecule is O=C(NC1(c2ccc(F)cc2)CC1)c1ccccc1O. The number of carbonyl (C=O) groups is 1. The first kappa shape index (κ1) is 12.7. The second kappa shape index (κ2) is 4.63. The highest BCUT2D eigenvalue weighted by Gasteiger charge is 2.45. The van der Waals surface area contributed by atoms with Gasteiger partial charge in [-0.25, -0.2) is 4.39 Å². The normalized spacial score (nSPS) is 15.7. The summed E-state index contributed by atoms with van der Waals surface area (Å²) >= 11 is 0. The van der Waals surface area contributed by atoms with E-state index in [9.17, 15) is 14.3 Å². The summed E-state index contributed by atoms with van der Waals surface area (Å²) in [7, 11) is 0. The molecule has 3 nitrogen and oxygen atoms in total. The monoisotopic (exact) mass is 271 g/mol. The quantitative estimate of drug-likeness (QED) is 0.901. The number of hydrogen-bond donors (Lipinski definition) is 2. The molecule has 0 atom stereocenters. The fraction of sp³-hybridized carbons (Fsp3) is 0.188. The highest BCUT2D eigenvalue weighted by Crippen LogP contribution is 2.45. The van der Waals surface area contributed by atoms with Crippen molar-refractivity contribution in [2.45, 2.75) is 18.4 Å². The van der Waals surface area contributed by atoms with Crippen LogP contribution < -0.4 is 5.32 Å². The van der Waals surface area contributed by atoms with Gasteiger partial charge in [0.1, 0.15) is 11.6 Å². The number of halogens is 1. The fourth-order valence-electron chi connectivity index (χ4n) is 2.33. The third-order valence-electron chi connectivity index (χ3n) is 3.65. The average molecular weight is 271 g/mol. The molecule has 2 N–H and O–H groups in total. The van der Waals surface area contributed by atoms with Crippen molar-refractivity contribution < 1.29 is 14.3 Å². The number of nitrogens with one attached hydrogen (secondary N) is 1. The Hall–Kier alpha value is -2.36. The highest BCUT2D eigenvalue weighted by molar-refractivity contribution is 5.97. The van der Waals surface area contributed by atoms with Gasteiger partial charge in [0.2, 0.25) is 0 Å². The second-order valence-corrected chi connectivity index (χ2v) is 5.06. The summed E-state index contributed by atoms with van der Waals surface area (Å²) in [5.74, 6) is -0.651. The summed E-state index contributed by atoms with van der Waals surface area (Å²) in [6, 6.07) is 12.6. The van der Waals surface area contributed by atoms with E-state index in [0.29, 0.717) is 0 Å². The smallest absolute Gasteiger partial charge is 0.255 e. The molecule has 0 radical (unpaired) electrons. The zero-order chi connectivity index (χ0) is 14.2. The molecule has 0 bridgehead atoms. The Balaban J connectivity index is 1.82. The number of phenolic OH excluding ortho intramolecular Hbond substituents is 1. The van der Waals surface area contributed by atoms with Gasteiger partial charge in [-0.2, -0.15) is 0 Å². The van der Waals surface area contributed by atoms with E-state index in [2.05, 4.69) is 5.32 Å². The Morgan fingerprint density at radius 3 is 2.35 bits per heavy atom. The van der Waals surface area contributed by atoms with Gasteiger partial charge in [-0.3, -0.25) is 4.79 Å². The zero-order valence-electron chi connectivity index (χ0n) is 10.8. The van der Waals surface area contributed by atoms with E-state index >= 15 is 0 Å². The van der Waals surface area contributed by atoms with Crippen molar-refractivity contribution in [1.29, 1.82) is 0 Å². The number of benzene rings is 2. The maximum atomic E-state index is 13.0. The summed E-state index contributed by atoms with van der Waals surface area (Å²) in [5, 5.41) is 12.6. The zero-order valence-corrected chi connectivity index (χ0v) is 10.8. The Bertz CT molecular complexity index is 648. The van der Waals surface area contributed by atoms with E-state index < -0.39 is 5.54 Å². The van der Waals surface area contributed by atoms with Crippen molar-refractivity contribution in [3.63, 3.8) is 0 Å². The van der Waals surface area contributed by atoms with Crippen molar-refractivity contribution in [2.75, 3.05) is 0 Å². The number of para-hydroxylation sites is 1. The molecule has 0 aliphatic heterocycles. The molecule has 2 aromatic carbocycles. The summed E-state index contributed by atoms with van der Waals surface area (Å²) in [5.41, 5.74) is 0.719. The van der Waals surface area contributed by atoms with Crippen molar-refractivity contribution in [3.05, 3.63) is 65.5 Å². The minimum atomic E-state index is -0.424. The Morgan fingerprint density at radius 2 is 1.75 bits per heavy atom. The molecule has 102 valence electrons. The van der Waals surface area contributed by atoms with Crippen LogP contribution in [0.15, 0.2) is 48.5 Å². The molecule has 1 saturated carbocycles. The number of aromatic hydroxyl groups is 1. The Morgan fingerprint density at radius 1 is 1.10 bits per heavy atom. The standard InChI is InChI=1S/C16H14FNO2/c17-12-7-5-11(6-8-12)16(9-10-16)18-15(20)13-3-1-2-4-14(13)19/h1-8,19H,9-10H2,(H,18,20). The first-order chi connectivity index (χ1) is 9.61. The molecule has 0 spiro atoms. The minimum absolute atomic E-state index is 0.0418. The van der Waals surface area contributed by atoms with Gasteiger partial charge in [-0.1, -0.05) is 24.3 Å². The number of phenols is 1. The van der Waals surface area contributed by atoms with Crippen molar-refractivity contribution in [1.82, 2.24) is 5.32 Å². The highest BCUT2D eigenvalue weighted by atomic mass is 19.1. The van der Waals surface area contributed by atoms with Gasteiger partial charge in [0.05, 0.1) is 11.1 Å². The fourth-order valence-corrected chi connectivity index (χ4v) is 2.33. The van der Waals surface area contributed by atoms with Crippen LogP contribution in [0.3, 0.4) is 0 Å². The summed E-state index contributed by atoms with van der Waals surface area (Å²) in [6.45, 7) is 0. The van der Waals surface area contributed by atoms with E-state index in [1.807, 2.05) is 0 Å². The van der Waals surface area contributed by atoms with Crippen LogP contribution in [0, 0.1) is 5.82 Å². The van der Waals surface area contributed by atoms with Gasteiger partial charge in [0, 0.05) is 0 Å². The predicted octanol–water partition coefficient (Wildman–Crippen LogP) is 2.95. The predicted molar refractivity (Wildman–Crippen MR) is 72.9 cm³/mol. The molecule has 1 aliphatic carbocycles. The van der Waals surface area contributed by atoms with Crippen LogP contribution in [0.1, 0.15) is 28.8 Å². The van der Waals surface area contributed by atoms with Gasteiger partial charge in [0.15, 0.2) is 0 Å². The third-order valence-corrected chi connectivity index (χ3v) is 3.65. The van der Waals surface area contributed by atoms with Gasteiger partial charge in [0.25, 0.3) is 5.91 Å². The Kier molecular flexibility index (Phi) is 2.93. The molecule has 20 heavy (non-hydrogen) atoms. The third kappa shape index (κ3) is 2.25. The summed E-state index contributed by atoms with van der Waals surface area (Å²) in [6.07, 6.45) is 1.63. The first-order valence-corrected chi connectivity index (χ1v) is 6.47. The molecular formula is C16H14FNO2. The van der Waals surface area contributed by atoms with Crippen LogP contribution >= 0.6 is 0 Å². The molecule has 3 rings (SSSR count). The van der Waals surface area contributed by atoms with Gasteiger partial charge in [-0.15, -0.1) is 0 Å². The number of rotatable bonds is 3. The molecule has 0 unspecified atom stereocenters. The van der Waals surface area contributed by atoms with Crippen molar-refractivity contribution >= 4 is 5.91 Å². The minimum Gasteiger partial charge on any atom is -0.507 e. The average Bonchev–Trinajstić information content (AvgIpc) is 3.20. The van der Waals surface area contributed by atoms with E-state index in [0.717, 1.165) is 18.4 Å². The van der Waals surface area contributed by atoms with E-state index in [1.165, 1.54) is 18.2 Å². The number of amides is 1.